The van der Waals surface area contributed by atoms with Crippen molar-refractivity contribution in [2.24, 2.45) is 11.7 Å². The van der Waals surface area contributed by atoms with Gasteiger partial charge in [-0.05, 0) is 5.92 Å². The molecule has 0 aromatic rings. The first-order chi connectivity index (χ1) is 6.54. The van der Waals surface area contributed by atoms with E-state index >= 15 is 0 Å². The van der Waals surface area contributed by atoms with Crippen molar-refractivity contribution in [3.05, 3.63) is 0 Å². The van der Waals surface area contributed by atoms with Gasteiger partial charge in [-0.2, -0.15) is 0 Å². The van der Waals surface area contributed by atoms with E-state index in [1.807, 2.05) is 13.8 Å². The molecule has 84 valence electrons. The molecule has 0 bridgehead atoms. The zero-order chi connectivity index (χ0) is 11.1. The fourth-order valence-electron chi connectivity index (χ4n) is 1.07. The van der Waals surface area contributed by atoms with Crippen LogP contribution in [0.25, 0.3) is 0 Å². The van der Waals surface area contributed by atoms with Gasteiger partial charge in [-0.25, -0.2) is 0 Å². The number of rotatable bonds is 6. The van der Waals surface area contributed by atoms with Crippen molar-refractivity contribution in [3.8, 4) is 0 Å². The summed E-state index contributed by atoms with van der Waals surface area (Å²) < 4.78 is 0. The van der Waals surface area contributed by atoms with E-state index in [0.717, 1.165) is 0 Å². The summed E-state index contributed by atoms with van der Waals surface area (Å²) in [5, 5.41) is 17.4. The molecular formula is C9H20N2O3. The van der Waals surface area contributed by atoms with Gasteiger partial charge in [-0.1, -0.05) is 13.8 Å². The first-order valence-electron chi connectivity index (χ1n) is 4.80. The van der Waals surface area contributed by atoms with Gasteiger partial charge < -0.3 is 20.8 Å². The monoisotopic (exact) mass is 204 g/mol. The SMILES string of the molecule is CC(C)[C@@H](N)C(=O)N(CCO)CCO. The Labute approximate surface area is 84.5 Å². The summed E-state index contributed by atoms with van der Waals surface area (Å²) in [5.41, 5.74) is 5.67. The van der Waals surface area contributed by atoms with E-state index in [2.05, 4.69) is 0 Å². The first kappa shape index (κ1) is 13.4. The van der Waals surface area contributed by atoms with Crippen molar-refractivity contribution >= 4 is 5.91 Å². The predicted molar refractivity (Wildman–Crippen MR) is 53.6 cm³/mol. The number of hydrogen-bond donors (Lipinski definition) is 3. The highest BCUT2D eigenvalue weighted by molar-refractivity contribution is 5.81. The molecule has 14 heavy (non-hydrogen) atoms. The molecule has 0 saturated carbocycles. The summed E-state index contributed by atoms with van der Waals surface area (Å²) in [5.74, 6) is -0.162. The van der Waals surface area contributed by atoms with Crippen molar-refractivity contribution in [3.63, 3.8) is 0 Å². The molecule has 0 aliphatic rings. The van der Waals surface area contributed by atoms with Gasteiger partial charge in [0, 0.05) is 13.1 Å². The summed E-state index contributed by atoms with van der Waals surface area (Å²) in [6, 6.07) is -0.562. The lowest BCUT2D eigenvalue weighted by atomic mass is 10.0. The molecule has 0 heterocycles. The molecule has 0 unspecified atom stereocenters. The Balaban J connectivity index is 4.26. The highest BCUT2D eigenvalue weighted by atomic mass is 16.3. The largest absolute Gasteiger partial charge is 0.395 e. The number of carbonyl (C=O) groups is 1. The third-order valence-electron chi connectivity index (χ3n) is 2.05. The Kier molecular flexibility index (Phi) is 6.44. The average Bonchev–Trinajstić information content (AvgIpc) is 2.15. The smallest absolute Gasteiger partial charge is 0.239 e. The standard InChI is InChI=1S/C9H20N2O3/c1-7(2)8(10)9(14)11(3-5-12)4-6-13/h7-8,12-13H,3-6,10H2,1-2H3/t8-/m1/s1. The molecular weight excluding hydrogens is 184 g/mol. The lowest BCUT2D eigenvalue weighted by Crippen LogP contribution is -2.48. The minimum Gasteiger partial charge on any atom is -0.395 e. The average molecular weight is 204 g/mol. The van der Waals surface area contributed by atoms with Crippen LogP contribution in [0.3, 0.4) is 0 Å². The van der Waals surface area contributed by atoms with Crippen molar-refractivity contribution in [1.29, 1.82) is 0 Å². The maximum Gasteiger partial charge on any atom is 0.239 e. The lowest BCUT2D eigenvalue weighted by molar-refractivity contribution is -0.134. The molecule has 0 fully saturated rings. The Bertz CT molecular complexity index is 167. The van der Waals surface area contributed by atoms with E-state index in [0.29, 0.717) is 0 Å². The van der Waals surface area contributed by atoms with E-state index in [1.54, 1.807) is 0 Å². The van der Waals surface area contributed by atoms with E-state index < -0.39 is 6.04 Å². The minimum atomic E-state index is -0.562. The van der Waals surface area contributed by atoms with Crippen LogP contribution in [0.2, 0.25) is 0 Å². The summed E-state index contributed by atoms with van der Waals surface area (Å²) in [6.45, 7) is 3.93. The molecule has 5 heteroatoms. The number of hydrogen-bond acceptors (Lipinski definition) is 4. The molecule has 1 amide bonds. The molecule has 0 aromatic heterocycles. The molecule has 0 aliphatic heterocycles. The van der Waals surface area contributed by atoms with Gasteiger partial charge in [0.2, 0.25) is 5.91 Å². The number of aliphatic hydroxyl groups is 2. The molecule has 4 N–H and O–H groups in total. The normalized spacial score (nSPS) is 13.0. The maximum absolute atomic E-state index is 11.6. The van der Waals surface area contributed by atoms with Crippen LogP contribution in [-0.2, 0) is 4.79 Å². The summed E-state index contributed by atoms with van der Waals surface area (Å²) in [6.07, 6.45) is 0. The second-order valence-electron chi connectivity index (χ2n) is 3.54. The predicted octanol–water partition coefficient (Wildman–Crippen LogP) is -1.22. The lowest BCUT2D eigenvalue weighted by Gasteiger charge is -2.25. The third kappa shape index (κ3) is 4.04. The molecule has 0 aromatic carbocycles. The molecule has 0 radical (unpaired) electrons. The van der Waals surface area contributed by atoms with E-state index in [-0.39, 0.29) is 38.1 Å². The Hall–Kier alpha value is -0.650. The van der Waals surface area contributed by atoms with Crippen LogP contribution in [0.5, 0.6) is 0 Å². The third-order valence-corrected chi connectivity index (χ3v) is 2.05. The van der Waals surface area contributed by atoms with Gasteiger partial charge in [-0.3, -0.25) is 4.79 Å². The fourth-order valence-corrected chi connectivity index (χ4v) is 1.07. The van der Waals surface area contributed by atoms with Crippen LogP contribution >= 0.6 is 0 Å². The Morgan fingerprint density at radius 2 is 1.71 bits per heavy atom. The molecule has 0 saturated heterocycles. The molecule has 0 spiro atoms. The summed E-state index contributed by atoms with van der Waals surface area (Å²) in [4.78, 5) is 13.0. The summed E-state index contributed by atoms with van der Waals surface area (Å²) >= 11 is 0. The van der Waals surface area contributed by atoms with Gasteiger partial charge in [-0.15, -0.1) is 0 Å². The van der Waals surface area contributed by atoms with Crippen LogP contribution in [0.1, 0.15) is 13.8 Å². The van der Waals surface area contributed by atoms with Crippen molar-refractivity contribution in [2.45, 2.75) is 19.9 Å². The fraction of sp³-hybridized carbons (Fsp3) is 0.889. The molecule has 0 rings (SSSR count). The minimum absolute atomic E-state index is 0.0578. The number of amides is 1. The van der Waals surface area contributed by atoms with Gasteiger partial charge in [0.1, 0.15) is 0 Å². The quantitative estimate of drug-likeness (QED) is 0.506. The number of aliphatic hydroxyl groups excluding tert-OH is 2. The van der Waals surface area contributed by atoms with Gasteiger partial charge in [0.25, 0.3) is 0 Å². The number of carbonyl (C=O) groups excluding carboxylic acids is 1. The highest BCUT2D eigenvalue weighted by Gasteiger charge is 2.22. The van der Waals surface area contributed by atoms with E-state index in [1.165, 1.54) is 4.90 Å². The molecule has 5 nitrogen and oxygen atoms in total. The van der Waals surface area contributed by atoms with Crippen molar-refractivity contribution in [1.82, 2.24) is 4.90 Å². The van der Waals surface area contributed by atoms with E-state index in [9.17, 15) is 4.79 Å². The number of nitrogens with zero attached hydrogens (tertiary/aromatic N) is 1. The zero-order valence-corrected chi connectivity index (χ0v) is 8.81. The first-order valence-corrected chi connectivity index (χ1v) is 4.80. The van der Waals surface area contributed by atoms with Crippen LogP contribution < -0.4 is 5.73 Å². The van der Waals surface area contributed by atoms with Gasteiger partial charge in [0.15, 0.2) is 0 Å². The van der Waals surface area contributed by atoms with Gasteiger partial charge in [0.05, 0.1) is 19.3 Å². The molecule has 1 atom stereocenters. The van der Waals surface area contributed by atoms with Crippen molar-refractivity contribution < 1.29 is 15.0 Å². The topological polar surface area (TPSA) is 86.8 Å². The maximum atomic E-state index is 11.6. The number of nitrogens with two attached hydrogens (primary N) is 1. The second kappa shape index (κ2) is 6.75. The van der Waals surface area contributed by atoms with Crippen LogP contribution in [0, 0.1) is 5.92 Å². The van der Waals surface area contributed by atoms with Gasteiger partial charge >= 0.3 is 0 Å². The van der Waals surface area contributed by atoms with Crippen molar-refractivity contribution in [2.75, 3.05) is 26.3 Å². The van der Waals surface area contributed by atoms with E-state index in [4.69, 9.17) is 15.9 Å². The highest BCUT2D eigenvalue weighted by Crippen LogP contribution is 2.03. The molecule has 0 aliphatic carbocycles. The Morgan fingerprint density at radius 1 is 1.29 bits per heavy atom. The van der Waals surface area contributed by atoms with Crippen LogP contribution in [0.15, 0.2) is 0 Å². The van der Waals surface area contributed by atoms with Crippen LogP contribution in [-0.4, -0.2) is 53.4 Å². The second-order valence-corrected chi connectivity index (χ2v) is 3.54. The zero-order valence-electron chi connectivity index (χ0n) is 8.81. The summed E-state index contributed by atoms with van der Waals surface area (Å²) in [7, 11) is 0. The Morgan fingerprint density at radius 3 is 2.00 bits per heavy atom. The van der Waals surface area contributed by atoms with Crippen LogP contribution in [0.4, 0.5) is 0 Å².